The molecule has 0 bridgehead atoms. The monoisotopic (exact) mass is 287 g/mol. The maximum Gasteiger partial charge on any atom is 0.406 e. The van der Waals surface area contributed by atoms with Gasteiger partial charge in [0.1, 0.15) is 12.4 Å². The number of aromatic nitrogens is 2. The van der Waals surface area contributed by atoms with E-state index in [1.165, 1.54) is 0 Å². The summed E-state index contributed by atoms with van der Waals surface area (Å²) in [7, 11) is 0. The van der Waals surface area contributed by atoms with Crippen LogP contribution in [0, 0.1) is 0 Å². The van der Waals surface area contributed by atoms with Gasteiger partial charge in [-0.3, -0.25) is 0 Å². The molecule has 0 saturated heterocycles. The van der Waals surface area contributed by atoms with E-state index >= 15 is 0 Å². The fourth-order valence-electron chi connectivity index (χ4n) is 1.15. The van der Waals surface area contributed by atoms with Crippen molar-refractivity contribution in [2.75, 3.05) is 23.9 Å². The predicted octanol–water partition coefficient (Wildman–Crippen LogP) is 3.27. The molecular weight excluding hydrogens is 275 g/mol. The number of halogens is 4. The number of hydrogen-bond acceptors (Lipinski definition) is 4. The molecule has 1 aromatic rings. The highest BCUT2D eigenvalue weighted by Gasteiger charge is 2.32. The highest BCUT2D eigenvalue weighted by molar-refractivity contribution is 7.09. The maximum absolute atomic E-state index is 12.4. The Balaban J connectivity index is 2.81. The van der Waals surface area contributed by atoms with E-state index in [2.05, 4.69) is 9.36 Å². The summed E-state index contributed by atoms with van der Waals surface area (Å²) in [6, 6.07) is 0. The average molecular weight is 288 g/mol. The number of hydrogen-bond donors (Lipinski definition) is 0. The second-order valence-electron chi connectivity index (χ2n) is 3.82. The summed E-state index contributed by atoms with van der Waals surface area (Å²) < 4.78 is 41.1. The Morgan fingerprint density at radius 2 is 2.06 bits per heavy atom. The summed E-state index contributed by atoms with van der Waals surface area (Å²) >= 11 is 6.46. The van der Waals surface area contributed by atoms with Crippen LogP contribution in [0.15, 0.2) is 0 Å². The minimum Gasteiger partial charge on any atom is -0.337 e. The van der Waals surface area contributed by atoms with Crippen LogP contribution in [0.3, 0.4) is 0 Å². The normalized spacial score (nSPS) is 12.2. The molecule has 1 aromatic heterocycles. The van der Waals surface area contributed by atoms with Crippen molar-refractivity contribution < 1.29 is 13.2 Å². The highest BCUT2D eigenvalue weighted by atomic mass is 35.5. The lowest BCUT2D eigenvalue weighted by atomic mass is 10.2. The smallest absolute Gasteiger partial charge is 0.337 e. The minimum atomic E-state index is -4.27. The molecule has 0 aliphatic rings. The van der Waals surface area contributed by atoms with E-state index in [0.29, 0.717) is 5.82 Å². The summed E-state index contributed by atoms with van der Waals surface area (Å²) in [6.45, 7) is 2.84. The third-order valence-corrected chi connectivity index (χ3v) is 2.90. The molecule has 0 spiro atoms. The zero-order chi connectivity index (χ0) is 13.1. The van der Waals surface area contributed by atoms with Crippen molar-refractivity contribution in [3.05, 3.63) is 5.82 Å². The van der Waals surface area contributed by atoms with Crippen LogP contribution in [0.25, 0.3) is 0 Å². The van der Waals surface area contributed by atoms with Crippen LogP contribution < -0.4 is 4.90 Å². The molecule has 0 aliphatic heterocycles. The predicted molar refractivity (Wildman–Crippen MR) is 63.0 cm³/mol. The van der Waals surface area contributed by atoms with Crippen molar-refractivity contribution in [2.24, 2.45) is 0 Å². The zero-order valence-corrected chi connectivity index (χ0v) is 11.0. The van der Waals surface area contributed by atoms with E-state index < -0.39 is 12.7 Å². The van der Waals surface area contributed by atoms with Crippen LogP contribution in [0.5, 0.6) is 0 Å². The van der Waals surface area contributed by atoms with Gasteiger partial charge < -0.3 is 4.90 Å². The number of anilines is 1. The molecule has 0 saturated carbocycles. The molecule has 0 radical (unpaired) electrons. The molecular formula is C9H13ClF3N3S. The molecule has 17 heavy (non-hydrogen) atoms. The second kappa shape index (κ2) is 5.86. The van der Waals surface area contributed by atoms with Gasteiger partial charge in [-0.2, -0.15) is 17.5 Å². The standard InChI is InChI=1S/C9H13ClF3N3S/c1-6(2)7-14-8(17-15-7)16(4-3-10)5-9(11,12)13/h6H,3-5H2,1-2H3. The molecule has 0 fully saturated rings. The maximum atomic E-state index is 12.4. The fourth-order valence-corrected chi connectivity index (χ4v) is 2.19. The molecule has 98 valence electrons. The van der Waals surface area contributed by atoms with Crippen LogP contribution in [0.4, 0.5) is 18.3 Å². The molecule has 0 aliphatic carbocycles. The van der Waals surface area contributed by atoms with E-state index in [0.717, 1.165) is 16.4 Å². The summed E-state index contributed by atoms with van der Waals surface area (Å²) in [6.07, 6.45) is -4.27. The Morgan fingerprint density at radius 1 is 1.41 bits per heavy atom. The fraction of sp³-hybridized carbons (Fsp3) is 0.778. The molecule has 0 unspecified atom stereocenters. The SMILES string of the molecule is CC(C)c1nsc(N(CCCl)CC(F)(F)F)n1. The molecule has 0 atom stereocenters. The first-order valence-electron chi connectivity index (χ1n) is 5.04. The largest absolute Gasteiger partial charge is 0.406 e. The Kier molecular flexibility index (Phi) is 5.00. The first-order valence-corrected chi connectivity index (χ1v) is 6.35. The highest BCUT2D eigenvalue weighted by Crippen LogP contribution is 2.25. The van der Waals surface area contributed by atoms with Crippen LogP contribution in [-0.4, -0.2) is 34.5 Å². The molecule has 3 nitrogen and oxygen atoms in total. The summed E-state index contributed by atoms with van der Waals surface area (Å²) in [5.41, 5.74) is 0. The van der Waals surface area contributed by atoms with Crippen LogP contribution in [-0.2, 0) is 0 Å². The van der Waals surface area contributed by atoms with Gasteiger partial charge in [0.15, 0.2) is 0 Å². The van der Waals surface area contributed by atoms with Crippen LogP contribution in [0.2, 0.25) is 0 Å². The van der Waals surface area contributed by atoms with E-state index in [9.17, 15) is 13.2 Å². The molecule has 1 rings (SSSR count). The number of alkyl halides is 4. The number of rotatable bonds is 5. The Morgan fingerprint density at radius 3 is 2.47 bits per heavy atom. The third-order valence-electron chi connectivity index (χ3n) is 1.94. The summed E-state index contributed by atoms with van der Waals surface area (Å²) in [4.78, 5) is 5.20. The molecule has 0 aromatic carbocycles. The van der Waals surface area contributed by atoms with E-state index in [1.54, 1.807) is 0 Å². The van der Waals surface area contributed by atoms with E-state index in [1.807, 2.05) is 13.8 Å². The summed E-state index contributed by atoms with van der Waals surface area (Å²) in [5.74, 6) is 0.780. The first kappa shape index (κ1) is 14.5. The third kappa shape index (κ3) is 4.67. The van der Waals surface area contributed by atoms with Gasteiger partial charge in [0.25, 0.3) is 0 Å². The van der Waals surface area contributed by atoms with Gasteiger partial charge in [-0.15, -0.1) is 11.6 Å². The Labute approximate surface area is 107 Å². The van der Waals surface area contributed by atoms with Gasteiger partial charge in [-0.05, 0) is 0 Å². The van der Waals surface area contributed by atoms with Crippen molar-refractivity contribution >= 4 is 28.3 Å². The van der Waals surface area contributed by atoms with Crippen molar-refractivity contribution in [2.45, 2.75) is 25.9 Å². The first-order chi connectivity index (χ1) is 7.83. The van der Waals surface area contributed by atoms with Crippen molar-refractivity contribution in [1.29, 1.82) is 0 Å². The van der Waals surface area contributed by atoms with Gasteiger partial charge in [-0.25, -0.2) is 4.98 Å². The van der Waals surface area contributed by atoms with Gasteiger partial charge in [0, 0.05) is 29.9 Å². The van der Waals surface area contributed by atoms with E-state index in [4.69, 9.17) is 11.6 Å². The summed E-state index contributed by atoms with van der Waals surface area (Å²) in [5, 5.41) is 0.270. The lowest BCUT2D eigenvalue weighted by molar-refractivity contribution is -0.119. The van der Waals surface area contributed by atoms with Crippen molar-refractivity contribution in [3.8, 4) is 0 Å². The zero-order valence-electron chi connectivity index (χ0n) is 9.46. The van der Waals surface area contributed by atoms with E-state index in [-0.39, 0.29) is 23.5 Å². The number of nitrogens with zero attached hydrogens (tertiary/aromatic N) is 3. The topological polar surface area (TPSA) is 29.0 Å². The van der Waals surface area contributed by atoms with Crippen LogP contribution in [0.1, 0.15) is 25.6 Å². The molecule has 0 N–H and O–H groups in total. The van der Waals surface area contributed by atoms with Gasteiger partial charge in [0.2, 0.25) is 5.13 Å². The lowest BCUT2D eigenvalue weighted by Gasteiger charge is -2.21. The van der Waals surface area contributed by atoms with Crippen molar-refractivity contribution in [3.63, 3.8) is 0 Å². The van der Waals surface area contributed by atoms with Crippen molar-refractivity contribution in [1.82, 2.24) is 9.36 Å². The Bertz CT molecular complexity index is 354. The molecule has 8 heteroatoms. The quantitative estimate of drug-likeness (QED) is 0.778. The molecule has 1 heterocycles. The van der Waals surface area contributed by atoms with Gasteiger partial charge in [0.05, 0.1) is 0 Å². The average Bonchev–Trinajstić information content (AvgIpc) is 2.63. The Hall–Kier alpha value is -0.560. The lowest BCUT2D eigenvalue weighted by Crippen LogP contribution is -2.35. The molecule has 0 amide bonds. The van der Waals surface area contributed by atoms with Gasteiger partial charge >= 0.3 is 6.18 Å². The second-order valence-corrected chi connectivity index (χ2v) is 4.92. The van der Waals surface area contributed by atoms with Gasteiger partial charge in [-0.1, -0.05) is 13.8 Å². The minimum absolute atomic E-state index is 0.101. The van der Waals surface area contributed by atoms with Crippen LogP contribution >= 0.6 is 23.1 Å².